The van der Waals surface area contributed by atoms with Gasteiger partial charge in [0.15, 0.2) is 4.80 Å². The molecule has 1 aromatic carbocycles. The highest BCUT2D eigenvalue weighted by Crippen LogP contribution is 2.36. The van der Waals surface area contributed by atoms with Crippen LogP contribution in [0.15, 0.2) is 62.8 Å². The van der Waals surface area contributed by atoms with Crippen LogP contribution in [-0.4, -0.2) is 30.1 Å². The van der Waals surface area contributed by atoms with E-state index in [9.17, 15) is 14.4 Å². The number of benzene rings is 1. The lowest BCUT2D eigenvalue weighted by atomic mass is 10.0. The molecule has 2 aliphatic heterocycles. The fourth-order valence-corrected chi connectivity index (χ4v) is 6.46. The molecule has 34 heavy (non-hydrogen) atoms. The molecule has 1 atom stereocenters. The highest BCUT2D eigenvalue weighted by atomic mass is 32.1. The Bertz CT molecular complexity index is 1510. The molecule has 0 radical (unpaired) electrons. The molecular formula is C25H23N3O4S2. The number of ether oxygens (including phenoxy) is 1. The van der Waals surface area contributed by atoms with E-state index in [-0.39, 0.29) is 11.5 Å². The Morgan fingerprint density at radius 3 is 2.68 bits per heavy atom. The van der Waals surface area contributed by atoms with Gasteiger partial charge in [0.05, 0.1) is 29.6 Å². The lowest BCUT2D eigenvalue weighted by Crippen LogP contribution is -2.40. The quantitative estimate of drug-likeness (QED) is 0.512. The topological polar surface area (TPSA) is 81.0 Å². The highest BCUT2D eigenvalue weighted by molar-refractivity contribution is 7.10. The second-order valence-corrected chi connectivity index (χ2v) is 10.1. The zero-order valence-electron chi connectivity index (χ0n) is 19.0. The van der Waals surface area contributed by atoms with Crippen molar-refractivity contribution >= 4 is 45.8 Å². The Morgan fingerprint density at radius 1 is 1.18 bits per heavy atom. The summed E-state index contributed by atoms with van der Waals surface area (Å²) in [7, 11) is 1.32. The summed E-state index contributed by atoms with van der Waals surface area (Å²) in [6.07, 6.45) is 1.83. The number of rotatable bonds is 5. The van der Waals surface area contributed by atoms with Crippen LogP contribution in [0.2, 0.25) is 0 Å². The Labute approximate surface area is 203 Å². The number of carbonyl (C=O) groups is 2. The highest BCUT2D eigenvalue weighted by Gasteiger charge is 2.37. The second kappa shape index (κ2) is 8.81. The first-order valence-electron chi connectivity index (χ1n) is 11.1. The number of thiazole rings is 1. The number of methoxy groups -OCH3 is 1. The van der Waals surface area contributed by atoms with E-state index in [0.29, 0.717) is 32.7 Å². The predicted molar refractivity (Wildman–Crippen MR) is 133 cm³/mol. The SMILES string of the molecule is CCCCN1C(=O)C(=c2sc3n(c2=O)C(c2cccs2)C(C(=O)OC)=C(C)N=3)c2ccccc21. The first kappa shape index (κ1) is 22.5. The second-order valence-electron chi connectivity index (χ2n) is 8.11. The van der Waals surface area contributed by atoms with Crippen LogP contribution in [0.3, 0.4) is 0 Å². The van der Waals surface area contributed by atoms with E-state index >= 15 is 0 Å². The van der Waals surface area contributed by atoms with Gasteiger partial charge in [-0.1, -0.05) is 48.9 Å². The van der Waals surface area contributed by atoms with Crippen LogP contribution in [0.25, 0.3) is 5.57 Å². The van der Waals surface area contributed by atoms with Crippen LogP contribution in [0, 0.1) is 0 Å². The maximum Gasteiger partial charge on any atom is 0.338 e. The molecule has 2 aromatic heterocycles. The van der Waals surface area contributed by atoms with E-state index in [2.05, 4.69) is 11.9 Å². The van der Waals surface area contributed by atoms with Crippen molar-refractivity contribution in [3.63, 3.8) is 0 Å². The lowest BCUT2D eigenvalue weighted by molar-refractivity contribution is -0.136. The number of carbonyl (C=O) groups excluding carboxylic acids is 2. The number of unbranched alkanes of at least 4 members (excludes halogenated alkanes) is 1. The van der Waals surface area contributed by atoms with Gasteiger partial charge in [0.2, 0.25) is 0 Å². The van der Waals surface area contributed by atoms with Crippen molar-refractivity contribution < 1.29 is 14.3 Å². The van der Waals surface area contributed by atoms with Crippen molar-refractivity contribution in [3.05, 3.63) is 83.2 Å². The summed E-state index contributed by atoms with van der Waals surface area (Å²) >= 11 is 2.65. The van der Waals surface area contributed by atoms with Gasteiger partial charge in [0.1, 0.15) is 10.6 Å². The molecule has 5 rings (SSSR count). The molecule has 0 spiro atoms. The number of allylic oxidation sites excluding steroid dienone is 1. The van der Waals surface area contributed by atoms with Crippen LogP contribution in [0.1, 0.15) is 43.2 Å². The number of para-hydroxylation sites is 1. The van der Waals surface area contributed by atoms with Gasteiger partial charge in [-0.3, -0.25) is 14.2 Å². The number of thiophene rings is 1. The van der Waals surface area contributed by atoms with E-state index in [4.69, 9.17) is 4.74 Å². The third-order valence-corrected chi connectivity index (χ3v) is 8.08. The van der Waals surface area contributed by atoms with Crippen LogP contribution >= 0.6 is 22.7 Å². The molecular weight excluding hydrogens is 470 g/mol. The van der Waals surface area contributed by atoms with E-state index in [1.165, 1.54) is 34.4 Å². The van der Waals surface area contributed by atoms with Crippen molar-refractivity contribution in [1.29, 1.82) is 0 Å². The van der Waals surface area contributed by atoms with Gasteiger partial charge in [-0.25, -0.2) is 9.79 Å². The summed E-state index contributed by atoms with van der Waals surface area (Å²) in [4.78, 5) is 47.8. The Balaban J connectivity index is 1.79. The maximum atomic E-state index is 13.9. The molecule has 7 nitrogen and oxygen atoms in total. The number of aromatic nitrogens is 1. The van der Waals surface area contributed by atoms with Crippen molar-refractivity contribution in [3.8, 4) is 0 Å². The molecule has 0 saturated heterocycles. The number of amides is 1. The molecule has 0 N–H and O–H groups in total. The summed E-state index contributed by atoms with van der Waals surface area (Å²) < 4.78 is 6.91. The Kier molecular flexibility index (Phi) is 5.83. The average Bonchev–Trinajstić information content (AvgIpc) is 3.54. The van der Waals surface area contributed by atoms with Crippen LogP contribution in [-0.2, 0) is 14.3 Å². The van der Waals surface area contributed by atoms with Gasteiger partial charge in [-0.15, -0.1) is 11.3 Å². The van der Waals surface area contributed by atoms with E-state index in [1.54, 1.807) is 11.8 Å². The predicted octanol–water partition coefficient (Wildman–Crippen LogP) is 2.99. The summed E-state index contributed by atoms with van der Waals surface area (Å²) in [6, 6.07) is 10.7. The molecule has 2 aliphatic rings. The van der Waals surface area contributed by atoms with E-state index < -0.39 is 12.0 Å². The fourth-order valence-electron chi connectivity index (χ4n) is 4.50. The van der Waals surface area contributed by atoms with Gasteiger partial charge in [0.25, 0.3) is 11.5 Å². The van der Waals surface area contributed by atoms with Crippen LogP contribution < -0.4 is 19.8 Å². The Morgan fingerprint density at radius 2 is 1.97 bits per heavy atom. The number of hydrogen-bond donors (Lipinski definition) is 0. The van der Waals surface area contributed by atoms with Crippen molar-refractivity contribution in [2.45, 2.75) is 32.7 Å². The van der Waals surface area contributed by atoms with Gasteiger partial charge in [-0.2, -0.15) is 0 Å². The molecule has 0 fully saturated rings. The number of nitrogens with zero attached hydrogens (tertiary/aromatic N) is 3. The smallest absolute Gasteiger partial charge is 0.338 e. The first-order valence-corrected chi connectivity index (χ1v) is 12.8. The zero-order chi connectivity index (χ0) is 24.0. The summed E-state index contributed by atoms with van der Waals surface area (Å²) in [5.41, 5.74) is 2.49. The van der Waals surface area contributed by atoms with Crippen molar-refractivity contribution in [2.75, 3.05) is 18.6 Å². The largest absolute Gasteiger partial charge is 0.466 e. The minimum Gasteiger partial charge on any atom is -0.466 e. The number of esters is 1. The number of anilines is 1. The molecule has 3 aromatic rings. The summed E-state index contributed by atoms with van der Waals surface area (Å²) in [5, 5.41) is 1.90. The van der Waals surface area contributed by atoms with Crippen molar-refractivity contribution in [2.24, 2.45) is 4.99 Å². The molecule has 9 heteroatoms. The van der Waals surface area contributed by atoms with E-state index in [0.717, 1.165) is 29.0 Å². The molecule has 0 aliphatic carbocycles. The number of hydrogen-bond acceptors (Lipinski definition) is 7. The van der Waals surface area contributed by atoms with Gasteiger partial charge >= 0.3 is 5.97 Å². The minimum atomic E-state index is -0.652. The monoisotopic (exact) mass is 493 g/mol. The third-order valence-electron chi connectivity index (χ3n) is 6.10. The van der Waals surface area contributed by atoms with Gasteiger partial charge in [-0.05, 0) is 30.9 Å². The fraction of sp³-hybridized carbons (Fsp3) is 0.280. The van der Waals surface area contributed by atoms with Crippen molar-refractivity contribution in [1.82, 2.24) is 4.57 Å². The molecule has 1 amide bonds. The third kappa shape index (κ3) is 3.38. The van der Waals surface area contributed by atoms with Gasteiger partial charge < -0.3 is 9.64 Å². The maximum absolute atomic E-state index is 13.9. The average molecular weight is 494 g/mol. The first-order chi connectivity index (χ1) is 16.5. The molecule has 174 valence electrons. The summed E-state index contributed by atoms with van der Waals surface area (Å²) in [6.45, 7) is 4.42. The minimum absolute atomic E-state index is 0.170. The zero-order valence-corrected chi connectivity index (χ0v) is 20.7. The van der Waals surface area contributed by atoms with Crippen LogP contribution in [0.4, 0.5) is 5.69 Å². The van der Waals surface area contributed by atoms with Crippen LogP contribution in [0.5, 0.6) is 0 Å². The molecule has 4 heterocycles. The summed E-state index contributed by atoms with van der Waals surface area (Å²) in [5.74, 6) is -0.692. The molecule has 0 bridgehead atoms. The van der Waals surface area contributed by atoms with E-state index in [1.807, 2.05) is 41.8 Å². The normalized spacial score (nSPS) is 18.6. The van der Waals surface area contributed by atoms with Gasteiger partial charge in [0, 0.05) is 17.0 Å². The lowest BCUT2D eigenvalue weighted by Gasteiger charge is -2.22. The molecule has 1 unspecified atom stereocenters. The number of fused-ring (bicyclic) bond motifs is 2. The standard InChI is InChI=1S/C25H23N3O4S2/c1-4-5-12-27-16-10-7-6-9-15(16)19(22(27)29)21-23(30)28-20(17-11-8-13-33-17)18(24(31)32-3)14(2)26-25(28)34-21/h6-11,13,20H,4-5,12H2,1-3H3. The molecule has 0 saturated carbocycles. The Hall–Kier alpha value is -3.30.